The summed E-state index contributed by atoms with van der Waals surface area (Å²) in [4.78, 5) is 51.2. The van der Waals surface area contributed by atoms with Gasteiger partial charge >= 0.3 is 6.03 Å². The Balaban J connectivity index is 1.67. The van der Waals surface area contributed by atoms with E-state index >= 15 is 0 Å². The van der Waals surface area contributed by atoms with E-state index in [1.54, 1.807) is 61.5 Å². The van der Waals surface area contributed by atoms with Crippen LogP contribution in [0.15, 0.2) is 77.4 Å². The molecule has 2 aliphatic heterocycles. The van der Waals surface area contributed by atoms with Gasteiger partial charge < -0.3 is 0 Å². The molecule has 1 atom stereocenters. The van der Waals surface area contributed by atoms with E-state index in [1.165, 1.54) is 11.1 Å². The van der Waals surface area contributed by atoms with Crippen molar-refractivity contribution in [3.8, 4) is 0 Å². The molecule has 1 unspecified atom stereocenters. The number of hydrazone groups is 1. The molecule has 8 nitrogen and oxygen atoms in total. The third-order valence-corrected chi connectivity index (χ3v) is 4.63. The molecule has 8 heteroatoms. The van der Waals surface area contributed by atoms with Crippen LogP contribution in [0.5, 0.6) is 0 Å². The van der Waals surface area contributed by atoms with E-state index in [1.807, 2.05) is 6.07 Å². The number of hydrogen-bond acceptors (Lipinski definition) is 5. The summed E-state index contributed by atoms with van der Waals surface area (Å²) in [6, 6.07) is 16.3. The molecule has 2 aliphatic rings. The lowest BCUT2D eigenvalue weighted by Gasteiger charge is -2.26. The zero-order valence-corrected chi connectivity index (χ0v) is 15.4. The van der Waals surface area contributed by atoms with Crippen LogP contribution in [0.4, 0.5) is 16.2 Å². The van der Waals surface area contributed by atoms with Crippen LogP contribution in [-0.4, -0.2) is 29.5 Å². The largest absolute Gasteiger partial charge is 0.335 e. The summed E-state index contributed by atoms with van der Waals surface area (Å²) < 4.78 is 0. The second-order valence-corrected chi connectivity index (χ2v) is 6.52. The summed E-state index contributed by atoms with van der Waals surface area (Å²) in [7, 11) is 0. The number of anilines is 2. The van der Waals surface area contributed by atoms with Crippen molar-refractivity contribution in [2.75, 3.05) is 9.91 Å². The van der Waals surface area contributed by atoms with Gasteiger partial charge in [0.2, 0.25) is 0 Å². The van der Waals surface area contributed by atoms with Crippen molar-refractivity contribution in [1.82, 2.24) is 5.32 Å². The van der Waals surface area contributed by atoms with Crippen LogP contribution in [0.1, 0.15) is 6.92 Å². The number of nitrogens with one attached hydrogen (secondary N) is 1. The molecule has 0 aromatic heterocycles. The van der Waals surface area contributed by atoms with Crippen molar-refractivity contribution in [3.05, 3.63) is 72.3 Å². The molecule has 0 bridgehead atoms. The van der Waals surface area contributed by atoms with E-state index in [4.69, 9.17) is 0 Å². The van der Waals surface area contributed by atoms with Gasteiger partial charge in [0.15, 0.2) is 0 Å². The molecule has 29 heavy (non-hydrogen) atoms. The summed E-state index contributed by atoms with van der Waals surface area (Å²) in [5.41, 5.74) is 1.06. The fourth-order valence-electron chi connectivity index (χ4n) is 3.18. The van der Waals surface area contributed by atoms with Gasteiger partial charge in [-0.05, 0) is 37.3 Å². The zero-order valence-electron chi connectivity index (χ0n) is 15.4. The Morgan fingerprint density at radius 1 is 0.897 bits per heavy atom. The first-order chi connectivity index (χ1) is 14.0. The molecule has 1 fully saturated rings. The van der Waals surface area contributed by atoms with Gasteiger partial charge in [0, 0.05) is 0 Å². The summed E-state index contributed by atoms with van der Waals surface area (Å²) in [5, 5.41) is 7.65. The Morgan fingerprint density at radius 3 is 2.10 bits per heavy atom. The summed E-state index contributed by atoms with van der Waals surface area (Å²) in [6.45, 7) is 1.65. The number of carbonyl (C=O) groups is 4. The minimum absolute atomic E-state index is 0.281. The van der Waals surface area contributed by atoms with Gasteiger partial charge in [-0.25, -0.2) is 9.69 Å². The van der Waals surface area contributed by atoms with Gasteiger partial charge in [-0.3, -0.25) is 19.7 Å². The highest BCUT2D eigenvalue weighted by atomic mass is 16.2. The highest BCUT2D eigenvalue weighted by Crippen LogP contribution is 2.27. The molecule has 1 saturated heterocycles. The van der Waals surface area contributed by atoms with E-state index in [0.717, 1.165) is 4.90 Å². The number of barbiturate groups is 1. The normalized spacial score (nSPS) is 20.9. The maximum absolute atomic E-state index is 12.9. The van der Waals surface area contributed by atoms with Gasteiger partial charge in [-0.2, -0.15) is 10.1 Å². The van der Waals surface area contributed by atoms with Crippen molar-refractivity contribution < 1.29 is 19.2 Å². The molecule has 4 rings (SSSR count). The molecule has 0 aliphatic carbocycles. The van der Waals surface area contributed by atoms with Crippen LogP contribution in [-0.2, 0) is 14.4 Å². The van der Waals surface area contributed by atoms with Gasteiger partial charge in [-0.1, -0.05) is 36.4 Å². The first-order valence-corrected chi connectivity index (χ1v) is 8.88. The predicted molar refractivity (Wildman–Crippen MR) is 106 cm³/mol. The van der Waals surface area contributed by atoms with E-state index in [-0.39, 0.29) is 11.5 Å². The number of urea groups is 1. The average molecular weight is 388 g/mol. The molecule has 0 spiro atoms. The van der Waals surface area contributed by atoms with Crippen molar-refractivity contribution in [1.29, 1.82) is 0 Å². The maximum Gasteiger partial charge on any atom is 0.335 e. The molecule has 2 aromatic carbocycles. The maximum atomic E-state index is 12.9. The van der Waals surface area contributed by atoms with Gasteiger partial charge in [0.05, 0.1) is 23.0 Å². The fourth-order valence-corrected chi connectivity index (χ4v) is 3.18. The van der Waals surface area contributed by atoms with Crippen LogP contribution in [0, 0.1) is 5.92 Å². The lowest BCUT2D eigenvalue weighted by molar-refractivity contribution is -0.122. The summed E-state index contributed by atoms with van der Waals surface area (Å²) >= 11 is 0. The fraction of sp³-hybridized carbons (Fsp3) is 0.0952. The Bertz CT molecular complexity index is 1080. The Hall–Kier alpha value is -4.07. The lowest BCUT2D eigenvalue weighted by atomic mass is 9.98. The van der Waals surface area contributed by atoms with E-state index in [9.17, 15) is 19.2 Å². The first-order valence-electron chi connectivity index (χ1n) is 8.88. The van der Waals surface area contributed by atoms with Crippen LogP contribution in [0.3, 0.4) is 0 Å². The minimum Gasteiger partial charge on any atom is -0.273 e. The van der Waals surface area contributed by atoms with Crippen LogP contribution in [0.2, 0.25) is 0 Å². The number of rotatable bonds is 3. The highest BCUT2D eigenvalue weighted by Gasteiger charge is 2.40. The third-order valence-electron chi connectivity index (χ3n) is 4.63. The Labute approximate surface area is 166 Å². The number of benzene rings is 2. The third kappa shape index (κ3) is 3.20. The molecular weight excluding hydrogens is 372 g/mol. The molecule has 2 heterocycles. The smallest absolute Gasteiger partial charge is 0.273 e. The number of amides is 5. The topological polar surface area (TPSA) is 99.2 Å². The Morgan fingerprint density at radius 2 is 1.48 bits per heavy atom. The number of hydrogen-bond donors (Lipinski definition) is 1. The monoisotopic (exact) mass is 388 g/mol. The summed E-state index contributed by atoms with van der Waals surface area (Å²) in [5.74, 6) is -2.90. The number of nitrogens with zero attached hydrogens (tertiary/aromatic N) is 3. The molecule has 2 aromatic rings. The van der Waals surface area contributed by atoms with Crippen molar-refractivity contribution in [3.63, 3.8) is 0 Å². The van der Waals surface area contributed by atoms with Gasteiger partial charge in [0.1, 0.15) is 5.57 Å². The van der Waals surface area contributed by atoms with Crippen LogP contribution < -0.4 is 15.2 Å². The average Bonchev–Trinajstić information content (AvgIpc) is 3.00. The standard InChI is InChI=1S/C21H16N4O4/c1-13-16(20(28)25(23-13)15-10-6-3-7-11-15)12-17-18(26)22-21(29)24(19(17)27)14-8-4-2-5-9-14/h2-12,16H,1H3,(H,22,26,29)/b17-12-. The minimum atomic E-state index is -0.884. The lowest BCUT2D eigenvalue weighted by Crippen LogP contribution is -2.54. The van der Waals surface area contributed by atoms with Crippen molar-refractivity contribution >= 4 is 40.8 Å². The number of imide groups is 2. The molecule has 0 saturated carbocycles. The Kier molecular flexibility index (Phi) is 4.52. The van der Waals surface area contributed by atoms with Crippen LogP contribution in [0.25, 0.3) is 0 Å². The van der Waals surface area contributed by atoms with Crippen molar-refractivity contribution in [2.24, 2.45) is 11.0 Å². The highest BCUT2D eigenvalue weighted by molar-refractivity contribution is 6.38. The van der Waals surface area contributed by atoms with Crippen LogP contribution >= 0.6 is 0 Å². The molecule has 5 amide bonds. The van der Waals surface area contributed by atoms with E-state index in [2.05, 4.69) is 10.4 Å². The molecular formula is C21H16N4O4. The number of carbonyl (C=O) groups excluding carboxylic acids is 4. The number of para-hydroxylation sites is 2. The van der Waals surface area contributed by atoms with E-state index in [0.29, 0.717) is 17.1 Å². The first kappa shape index (κ1) is 18.3. The SMILES string of the molecule is CC1=NN(c2ccccc2)C(=O)C1/C=C1/C(=O)NC(=O)N(c2ccccc2)C1=O. The quantitative estimate of drug-likeness (QED) is 0.644. The molecule has 144 valence electrons. The summed E-state index contributed by atoms with van der Waals surface area (Å²) in [6.07, 6.45) is 1.27. The second kappa shape index (κ2) is 7.16. The molecule has 0 radical (unpaired) electrons. The van der Waals surface area contributed by atoms with Gasteiger partial charge in [0.25, 0.3) is 17.7 Å². The molecule has 1 N–H and O–H groups in total. The zero-order chi connectivity index (χ0) is 20.5. The van der Waals surface area contributed by atoms with Crippen molar-refractivity contribution in [2.45, 2.75) is 6.92 Å². The van der Waals surface area contributed by atoms with E-state index < -0.39 is 23.8 Å². The predicted octanol–water partition coefficient (Wildman–Crippen LogP) is 2.23. The second-order valence-electron chi connectivity index (χ2n) is 6.52. The van der Waals surface area contributed by atoms with Gasteiger partial charge in [-0.15, -0.1) is 0 Å².